The average Bonchev–Trinajstić information content (AvgIpc) is 3.06. The summed E-state index contributed by atoms with van der Waals surface area (Å²) in [5.74, 6) is 1.41. The van der Waals surface area contributed by atoms with E-state index >= 15 is 0 Å². The lowest BCUT2D eigenvalue weighted by molar-refractivity contribution is -0.124. The summed E-state index contributed by atoms with van der Waals surface area (Å²) in [5.41, 5.74) is 0.629. The van der Waals surface area contributed by atoms with Gasteiger partial charge in [-0.1, -0.05) is 0 Å². The van der Waals surface area contributed by atoms with E-state index < -0.39 is 0 Å². The number of hydrogen-bond acceptors (Lipinski definition) is 5. The average molecular weight is 304 g/mol. The number of amides is 1. The monoisotopic (exact) mass is 304 g/mol. The molecule has 0 spiro atoms. The fraction of sp³-hybridized carbons (Fsp3) is 0.500. The second-order valence-electron chi connectivity index (χ2n) is 5.70. The van der Waals surface area contributed by atoms with Gasteiger partial charge < -0.3 is 10.2 Å². The van der Waals surface area contributed by atoms with Crippen LogP contribution in [0.3, 0.4) is 0 Å². The summed E-state index contributed by atoms with van der Waals surface area (Å²) in [6, 6.07) is 0.283. The zero-order chi connectivity index (χ0) is 14.4. The van der Waals surface area contributed by atoms with Crippen molar-refractivity contribution >= 4 is 34.3 Å². The number of carbonyl (C=O) groups is 2. The molecule has 2 atom stereocenters. The van der Waals surface area contributed by atoms with Crippen molar-refractivity contribution < 1.29 is 9.59 Å². The Kier molecular flexibility index (Phi) is 2.95. The summed E-state index contributed by atoms with van der Waals surface area (Å²) in [4.78, 5) is 30.6. The molecular formula is C14H16N4O2S. The molecule has 2 aliphatic rings. The molecule has 2 saturated heterocycles. The van der Waals surface area contributed by atoms with Crippen molar-refractivity contribution in [1.82, 2.24) is 14.7 Å². The molecule has 4 rings (SSSR count). The van der Waals surface area contributed by atoms with Crippen LogP contribution in [0, 0.1) is 5.92 Å². The normalized spacial score (nSPS) is 25.7. The first-order valence-electron chi connectivity index (χ1n) is 7.21. The smallest absolute Gasteiger partial charge is 0.220 e. The molecule has 0 aromatic carbocycles. The summed E-state index contributed by atoms with van der Waals surface area (Å²) >= 11 is 1.53. The van der Waals surface area contributed by atoms with Crippen LogP contribution in [0.4, 0.5) is 5.82 Å². The van der Waals surface area contributed by atoms with Gasteiger partial charge in [0.05, 0.1) is 0 Å². The Bertz CT molecular complexity index is 707. The van der Waals surface area contributed by atoms with E-state index in [-0.39, 0.29) is 11.9 Å². The molecule has 21 heavy (non-hydrogen) atoms. The van der Waals surface area contributed by atoms with Gasteiger partial charge in [-0.3, -0.25) is 14.0 Å². The predicted octanol–water partition coefficient (Wildman–Crippen LogP) is 1.31. The van der Waals surface area contributed by atoms with Crippen LogP contribution in [0.1, 0.15) is 29.8 Å². The van der Waals surface area contributed by atoms with Gasteiger partial charge in [-0.05, 0) is 18.8 Å². The van der Waals surface area contributed by atoms with Gasteiger partial charge in [0.25, 0.3) is 0 Å². The number of hydrogen-bond donors (Lipinski definition) is 1. The number of nitrogens with one attached hydrogen (secondary N) is 1. The van der Waals surface area contributed by atoms with Crippen LogP contribution in [0.2, 0.25) is 0 Å². The maximum Gasteiger partial charge on any atom is 0.220 e. The Hall–Kier alpha value is -1.89. The molecule has 7 heteroatoms. The number of anilines is 1. The highest BCUT2D eigenvalue weighted by molar-refractivity contribution is 7.15. The molecule has 0 bridgehead atoms. The highest BCUT2D eigenvalue weighted by atomic mass is 32.1. The Labute approximate surface area is 125 Å². The van der Waals surface area contributed by atoms with E-state index in [4.69, 9.17) is 0 Å². The number of fused-ring (bicyclic) bond motifs is 2. The van der Waals surface area contributed by atoms with Crippen LogP contribution >= 0.6 is 11.3 Å². The van der Waals surface area contributed by atoms with E-state index in [0.29, 0.717) is 18.0 Å². The standard InChI is InChI=1S/C14H16N4O2S/c19-8-11-13(16-14-18(11)5-6-21-14)17-4-3-10-9(7-17)1-2-12(20)15-10/h5-6,8-10H,1-4,7H2,(H,15,20). The third-order valence-corrected chi connectivity index (χ3v) is 5.27. The second kappa shape index (κ2) is 4.84. The molecule has 2 aromatic rings. The molecule has 0 saturated carbocycles. The molecule has 1 amide bonds. The lowest BCUT2D eigenvalue weighted by atomic mass is 9.85. The number of thiazole rings is 1. The summed E-state index contributed by atoms with van der Waals surface area (Å²) < 4.78 is 1.85. The number of rotatable bonds is 2. The van der Waals surface area contributed by atoms with Crippen LogP contribution in [-0.4, -0.2) is 40.7 Å². The minimum Gasteiger partial charge on any atom is -0.354 e. The fourth-order valence-electron chi connectivity index (χ4n) is 3.44. The quantitative estimate of drug-likeness (QED) is 0.850. The van der Waals surface area contributed by atoms with E-state index in [1.165, 1.54) is 11.3 Å². The first kappa shape index (κ1) is 12.8. The number of piperidine rings is 2. The zero-order valence-electron chi connectivity index (χ0n) is 11.5. The van der Waals surface area contributed by atoms with E-state index in [1.807, 2.05) is 16.0 Å². The number of carbonyl (C=O) groups excluding carboxylic acids is 2. The Balaban J connectivity index is 1.62. The van der Waals surface area contributed by atoms with Crippen molar-refractivity contribution in [2.45, 2.75) is 25.3 Å². The minimum absolute atomic E-state index is 0.167. The Morgan fingerprint density at radius 2 is 2.33 bits per heavy atom. The van der Waals surface area contributed by atoms with E-state index in [1.54, 1.807) is 0 Å². The highest BCUT2D eigenvalue weighted by Crippen LogP contribution is 2.30. The topological polar surface area (TPSA) is 66.7 Å². The molecular weight excluding hydrogens is 288 g/mol. The van der Waals surface area contributed by atoms with Crippen molar-refractivity contribution in [3.63, 3.8) is 0 Å². The van der Waals surface area contributed by atoms with Gasteiger partial charge in [0.15, 0.2) is 17.1 Å². The van der Waals surface area contributed by atoms with Crippen LogP contribution < -0.4 is 10.2 Å². The predicted molar refractivity (Wildman–Crippen MR) is 79.9 cm³/mol. The molecule has 2 fully saturated rings. The number of aromatic nitrogens is 2. The second-order valence-corrected chi connectivity index (χ2v) is 6.57. The van der Waals surface area contributed by atoms with Gasteiger partial charge in [-0.25, -0.2) is 4.98 Å². The summed E-state index contributed by atoms with van der Waals surface area (Å²) in [7, 11) is 0. The van der Waals surface area contributed by atoms with Crippen molar-refractivity contribution in [2.24, 2.45) is 5.92 Å². The zero-order valence-corrected chi connectivity index (χ0v) is 12.3. The Morgan fingerprint density at radius 3 is 3.19 bits per heavy atom. The van der Waals surface area contributed by atoms with Crippen LogP contribution in [0.25, 0.3) is 4.96 Å². The molecule has 4 heterocycles. The molecule has 2 aliphatic heterocycles. The lowest BCUT2D eigenvalue weighted by Crippen LogP contribution is -2.54. The van der Waals surface area contributed by atoms with Crippen molar-refractivity contribution in [2.75, 3.05) is 18.0 Å². The fourth-order valence-corrected chi connectivity index (χ4v) is 4.15. The van der Waals surface area contributed by atoms with E-state index in [9.17, 15) is 9.59 Å². The molecule has 110 valence electrons. The third kappa shape index (κ3) is 2.03. The molecule has 0 radical (unpaired) electrons. The molecule has 0 aliphatic carbocycles. The van der Waals surface area contributed by atoms with Crippen molar-refractivity contribution in [3.05, 3.63) is 17.3 Å². The highest BCUT2D eigenvalue weighted by Gasteiger charge is 2.35. The molecule has 2 unspecified atom stereocenters. The van der Waals surface area contributed by atoms with Gasteiger partial charge in [0, 0.05) is 37.1 Å². The van der Waals surface area contributed by atoms with Gasteiger partial charge in [0.2, 0.25) is 5.91 Å². The minimum atomic E-state index is 0.167. The molecule has 1 N–H and O–H groups in total. The number of nitrogens with zero attached hydrogens (tertiary/aromatic N) is 3. The maximum absolute atomic E-state index is 11.5. The Morgan fingerprint density at radius 1 is 1.43 bits per heavy atom. The summed E-state index contributed by atoms with van der Waals surface area (Å²) in [5, 5.41) is 5.01. The lowest BCUT2D eigenvalue weighted by Gasteiger charge is -2.41. The van der Waals surface area contributed by atoms with Crippen LogP contribution in [-0.2, 0) is 4.79 Å². The summed E-state index contributed by atoms with van der Waals surface area (Å²) in [6.45, 7) is 1.68. The molecule has 6 nitrogen and oxygen atoms in total. The largest absolute Gasteiger partial charge is 0.354 e. The summed E-state index contributed by atoms with van der Waals surface area (Å²) in [6.07, 6.45) is 5.21. The van der Waals surface area contributed by atoms with Crippen LogP contribution in [0.5, 0.6) is 0 Å². The van der Waals surface area contributed by atoms with Gasteiger partial charge in [-0.15, -0.1) is 11.3 Å². The van der Waals surface area contributed by atoms with Crippen molar-refractivity contribution in [3.8, 4) is 0 Å². The van der Waals surface area contributed by atoms with Crippen molar-refractivity contribution in [1.29, 1.82) is 0 Å². The molecule has 2 aromatic heterocycles. The SMILES string of the molecule is O=Cc1c(N2CCC3NC(=O)CCC3C2)nc2sccn12. The number of aldehydes is 1. The van der Waals surface area contributed by atoms with Gasteiger partial charge >= 0.3 is 0 Å². The number of imidazole rings is 1. The van der Waals surface area contributed by atoms with E-state index in [0.717, 1.165) is 43.0 Å². The first-order chi connectivity index (χ1) is 10.3. The van der Waals surface area contributed by atoms with Gasteiger partial charge in [-0.2, -0.15) is 0 Å². The van der Waals surface area contributed by atoms with Crippen LogP contribution in [0.15, 0.2) is 11.6 Å². The van der Waals surface area contributed by atoms with Gasteiger partial charge in [0.1, 0.15) is 5.69 Å². The third-order valence-electron chi connectivity index (χ3n) is 4.51. The first-order valence-corrected chi connectivity index (χ1v) is 8.09. The van der Waals surface area contributed by atoms with E-state index in [2.05, 4.69) is 15.2 Å². The maximum atomic E-state index is 11.5.